The van der Waals surface area contributed by atoms with E-state index in [-0.39, 0.29) is 13.0 Å². The Labute approximate surface area is 99.3 Å². The Morgan fingerprint density at radius 2 is 1.82 bits per heavy atom. The van der Waals surface area contributed by atoms with Crippen molar-refractivity contribution in [3.63, 3.8) is 0 Å². The summed E-state index contributed by atoms with van der Waals surface area (Å²) >= 11 is 0. The minimum absolute atomic E-state index is 0.0908. The van der Waals surface area contributed by atoms with Crippen molar-refractivity contribution in [3.8, 4) is 0 Å². The van der Waals surface area contributed by atoms with Gasteiger partial charge in [0.1, 0.15) is 6.04 Å². The summed E-state index contributed by atoms with van der Waals surface area (Å²) in [7, 11) is 0. The molecule has 5 heteroatoms. The topological polar surface area (TPSA) is 77.8 Å². The molecule has 0 bridgehead atoms. The largest absolute Gasteiger partial charge is 0.481 e. The Kier molecular flexibility index (Phi) is 4.51. The Hall–Kier alpha value is -2.04. The van der Waals surface area contributed by atoms with E-state index in [1.807, 2.05) is 6.07 Å². The lowest BCUT2D eigenvalue weighted by Crippen LogP contribution is -2.40. The van der Waals surface area contributed by atoms with E-state index < -0.39 is 18.0 Å². The second-order valence-corrected chi connectivity index (χ2v) is 3.69. The number of anilines is 1. The molecule has 0 heterocycles. The van der Waals surface area contributed by atoms with Gasteiger partial charge in [-0.15, -0.1) is 0 Å². The van der Waals surface area contributed by atoms with E-state index in [4.69, 9.17) is 10.2 Å². The molecule has 0 aromatic heterocycles. The SMILES string of the molecule is CC(C(=O)O)N(CCC(=O)O)c1ccccc1. The third kappa shape index (κ3) is 3.79. The fraction of sp³-hybridized carbons (Fsp3) is 0.333. The van der Waals surface area contributed by atoms with Gasteiger partial charge in [-0.25, -0.2) is 4.79 Å². The average Bonchev–Trinajstić information content (AvgIpc) is 2.30. The number of carboxylic acid groups (broad SMARTS) is 2. The number of para-hydroxylation sites is 1. The van der Waals surface area contributed by atoms with Gasteiger partial charge in [0.05, 0.1) is 6.42 Å². The van der Waals surface area contributed by atoms with Crippen LogP contribution in [0.2, 0.25) is 0 Å². The van der Waals surface area contributed by atoms with Gasteiger partial charge in [-0.3, -0.25) is 4.79 Å². The first-order valence-corrected chi connectivity index (χ1v) is 5.28. The van der Waals surface area contributed by atoms with Crippen LogP contribution >= 0.6 is 0 Å². The van der Waals surface area contributed by atoms with Crippen LogP contribution in [0.15, 0.2) is 30.3 Å². The minimum atomic E-state index is -0.973. The van der Waals surface area contributed by atoms with E-state index in [1.165, 1.54) is 6.92 Å². The molecule has 0 aliphatic rings. The van der Waals surface area contributed by atoms with Gasteiger partial charge in [0, 0.05) is 12.2 Å². The van der Waals surface area contributed by atoms with E-state index in [0.717, 1.165) is 0 Å². The first-order valence-electron chi connectivity index (χ1n) is 5.28. The number of carbonyl (C=O) groups is 2. The highest BCUT2D eigenvalue weighted by atomic mass is 16.4. The number of aliphatic carboxylic acids is 2. The Bertz CT molecular complexity index is 391. The molecule has 1 aromatic carbocycles. The maximum absolute atomic E-state index is 11.0. The van der Waals surface area contributed by atoms with Crippen molar-refractivity contribution in [2.75, 3.05) is 11.4 Å². The van der Waals surface area contributed by atoms with Crippen LogP contribution in [0, 0.1) is 0 Å². The summed E-state index contributed by atoms with van der Waals surface area (Å²) in [5, 5.41) is 17.6. The lowest BCUT2D eigenvalue weighted by Gasteiger charge is -2.28. The molecule has 92 valence electrons. The number of hydrogen-bond donors (Lipinski definition) is 2. The van der Waals surface area contributed by atoms with Crippen molar-refractivity contribution >= 4 is 17.6 Å². The quantitative estimate of drug-likeness (QED) is 0.782. The van der Waals surface area contributed by atoms with Crippen molar-refractivity contribution in [1.82, 2.24) is 0 Å². The standard InChI is InChI=1S/C12H15NO4/c1-9(12(16)17)13(8-7-11(14)15)10-5-3-2-4-6-10/h2-6,9H,7-8H2,1H3,(H,14,15)(H,16,17). The summed E-state index contributed by atoms with van der Waals surface area (Å²) < 4.78 is 0. The molecule has 0 aliphatic carbocycles. The summed E-state index contributed by atoms with van der Waals surface area (Å²) in [6, 6.07) is 8.18. The van der Waals surface area contributed by atoms with Crippen molar-refractivity contribution in [2.24, 2.45) is 0 Å². The second-order valence-electron chi connectivity index (χ2n) is 3.69. The number of carboxylic acids is 2. The van der Waals surface area contributed by atoms with Gasteiger partial charge >= 0.3 is 11.9 Å². The number of rotatable bonds is 6. The van der Waals surface area contributed by atoms with Gasteiger partial charge in [-0.2, -0.15) is 0 Å². The maximum Gasteiger partial charge on any atom is 0.326 e. The predicted octanol–water partition coefficient (Wildman–Crippen LogP) is 1.44. The van der Waals surface area contributed by atoms with Crippen LogP contribution in [0.3, 0.4) is 0 Å². The van der Waals surface area contributed by atoms with E-state index in [2.05, 4.69) is 0 Å². The third-order valence-electron chi connectivity index (χ3n) is 2.48. The molecule has 1 rings (SSSR count). The molecular formula is C12H15NO4. The molecule has 17 heavy (non-hydrogen) atoms. The summed E-state index contributed by atoms with van der Waals surface area (Å²) in [6.07, 6.45) is -0.0908. The minimum Gasteiger partial charge on any atom is -0.481 e. The number of benzene rings is 1. The van der Waals surface area contributed by atoms with Crippen LogP contribution < -0.4 is 4.90 Å². The maximum atomic E-state index is 11.0. The van der Waals surface area contributed by atoms with Gasteiger partial charge in [0.15, 0.2) is 0 Å². The van der Waals surface area contributed by atoms with E-state index in [0.29, 0.717) is 5.69 Å². The highest BCUT2D eigenvalue weighted by molar-refractivity contribution is 5.78. The molecule has 2 N–H and O–H groups in total. The van der Waals surface area contributed by atoms with Crippen molar-refractivity contribution in [3.05, 3.63) is 30.3 Å². The van der Waals surface area contributed by atoms with Crippen LogP contribution in [0.4, 0.5) is 5.69 Å². The molecule has 0 aliphatic heterocycles. The molecule has 0 fully saturated rings. The fourth-order valence-corrected chi connectivity index (χ4v) is 1.52. The zero-order valence-electron chi connectivity index (χ0n) is 9.54. The molecule has 0 saturated carbocycles. The summed E-state index contributed by atoms with van der Waals surface area (Å²) in [4.78, 5) is 23.1. The average molecular weight is 237 g/mol. The van der Waals surface area contributed by atoms with Crippen molar-refractivity contribution in [1.29, 1.82) is 0 Å². The smallest absolute Gasteiger partial charge is 0.326 e. The van der Waals surface area contributed by atoms with Crippen LogP contribution in [0.25, 0.3) is 0 Å². The Balaban J connectivity index is 2.86. The normalized spacial score (nSPS) is 11.8. The molecule has 0 spiro atoms. The van der Waals surface area contributed by atoms with Gasteiger partial charge in [-0.1, -0.05) is 18.2 Å². The van der Waals surface area contributed by atoms with E-state index in [1.54, 1.807) is 29.2 Å². The van der Waals surface area contributed by atoms with Gasteiger partial charge in [0.25, 0.3) is 0 Å². The monoisotopic (exact) mass is 237 g/mol. The van der Waals surface area contributed by atoms with Crippen LogP contribution in [-0.4, -0.2) is 34.7 Å². The van der Waals surface area contributed by atoms with Gasteiger partial charge < -0.3 is 15.1 Å². The molecule has 0 radical (unpaired) electrons. The molecule has 0 amide bonds. The molecule has 0 saturated heterocycles. The Morgan fingerprint density at radius 1 is 1.24 bits per heavy atom. The summed E-state index contributed by atoms with van der Waals surface area (Å²) in [5.41, 5.74) is 0.712. The molecule has 1 atom stereocenters. The molecule has 1 aromatic rings. The lowest BCUT2D eigenvalue weighted by atomic mass is 10.2. The highest BCUT2D eigenvalue weighted by Crippen LogP contribution is 2.17. The first kappa shape index (κ1) is 13.0. The number of nitrogens with zero attached hydrogens (tertiary/aromatic N) is 1. The van der Waals surface area contributed by atoms with E-state index >= 15 is 0 Å². The van der Waals surface area contributed by atoms with Crippen molar-refractivity contribution in [2.45, 2.75) is 19.4 Å². The van der Waals surface area contributed by atoms with E-state index in [9.17, 15) is 9.59 Å². The fourth-order valence-electron chi connectivity index (χ4n) is 1.52. The zero-order chi connectivity index (χ0) is 12.8. The second kappa shape index (κ2) is 5.89. The van der Waals surface area contributed by atoms with Crippen LogP contribution in [0.1, 0.15) is 13.3 Å². The molecule has 1 unspecified atom stereocenters. The van der Waals surface area contributed by atoms with Gasteiger partial charge in [-0.05, 0) is 19.1 Å². The van der Waals surface area contributed by atoms with Crippen LogP contribution in [-0.2, 0) is 9.59 Å². The molecular weight excluding hydrogens is 222 g/mol. The number of hydrogen-bond acceptors (Lipinski definition) is 3. The highest BCUT2D eigenvalue weighted by Gasteiger charge is 2.21. The lowest BCUT2D eigenvalue weighted by molar-refractivity contribution is -0.139. The van der Waals surface area contributed by atoms with Gasteiger partial charge in [0.2, 0.25) is 0 Å². The Morgan fingerprint density at radius 3 is 2.29 bits per heavy atom. The zero-order valence-corrected chi connectivity index (χ0v) is 9.54. The third-order valence-corrected chi connectivity index (χ3v) is 2.48. The summed E-state index contributed by atoms with van der Waals surface area (Å²) in [6.45, 7) is 1.71. The first-order chi connectivity index (χ1) is 8.02. The predicted molar refractivity (Wildman–Crippen MR) is 63.1 cm³/mol. The molecule has 5 nitrogen and oxygen atoms in total. The summed E-state index contributed by atoms with van der Waals surface area (Å²) in [5.74, 6) is -1.91. The van der Waals surface area contributed by atoms with Crippen LogP contribution in [0.5, 0.6) is 0 Å². The van der Waals surface area contributed by atoms with Crippen molar-refractivity contribution < 1.29 is 19.8 Å².